The quantitative estimate of drug-likeness (QED) is 0.276. The number of benzene rings is 2. The van der Waals surface area contributed by atoms with Gasteiger partial charge in [0, 0.05) is 37.5 Å². The highest BCUT2D eigenvalue weighted by atomic mass is 16.5. The van der Waals surface area contributed by atoms with E-state index in [1.54, 1.807) is 0 Å². The molecule has 0 bridgehead atoms. The molecule has 2 aromatic heterocycles. The van der Waals surface area contributed by atoms with Crippen molar-refractivity contribution in [3.05, 3.63) is 77.1 Å². The summed E-state index contributed by atoms with van der Waals surface area (Å²) in [7, 11) is 0. The maximum absolute atomic E-state index is 11.5. The maximum Gasteiger partial charge on any atom is 0.320 e. The summed E-state index contributed by atoms with van der Waals surface area (Å²) in [4.78, 5) is 22.6. The van der Waals surface area contributed by atoms with Crippen molar-refractivity contribution < 1.29 is 14.6 Å². The predicted molar refractivity (Wildman–Crippen MR) is 167 cm³/mol. The van der Waals surface area contributed by atoms with E-state index < -0.39 is 12.0 Å². The number of rotatable bonds is 7. The van der Waals surface area contributed by atoms with Gasteiger partial charge in [0.1, 0.15) is 18.0 Å². The normalized spacial score (nSPS) is 18.6. The van der Waals surface area contributed by atoms with Crippen LogP contribution >= 0.6 is 0 Å². The van der Waals surface area contributed by atoms with Crippen LogP contribution in [0.2, 0.25) is 0 Å². The Bertz CT molecular complexity index is 1660. The summed E-state index contributed by atoms with van der Waals surface area (Å²) in [6, 6.07) is 16.3. The standard InChI is InChI=1S/C33H39N7O3/c1-20-5-6-24(15-21(20)2)25-7-8-26(28(16-25)40-12-9-22(3)38-40)23(4)43-30-17-29(36-32(34)37-30)39-13-10-33(11-14-39)18-27(31(41)42)35-19-33/h5-9,12,15-17,23,27,35H,10-11,13-14,18-19H2,1-4H3,(H,41,42)(H2,34,36,37)/t23-,27+/m1/s1. The minimum absolute atomic E-state index is 0.0106. The van der Waals surface area contributed by atoms with Gasteiger partial charge in [-0.25, -0.2) is 4.68 Å². The number of aryl methyl sites for hydroxylation is 3. The molecule has 224 valence electrons. The summed E-state index contributed by atoms with van der Waals surface area (Å²) >= 11 is 0. The zero-order valence-corrected chi connectivity index (χ0v) is 25.2. The van der Waals surface area contributed by atoms with Crippen molar-refractivity contribution in [1.82, 2.24) is 25.1 Å². The van der Waals surface area contributed by atoms with E-state index in [0.29, 0.717) is 12.3 Å². The Kier molecular flexibility index (Phi) is 7.56. The van der Waals surface area contributed by atoms with Gasteiger partial charge < -0.3 is 25.8 Å². The number of piperidine rings is 1. The van der Waals surface area contributed by atoms with Crippen molar-refractivity contribution in [2.45, 2.75) is 59.1 Å². The molecular formula is C33H39N7O3. The number of hydrogen-bond donors (Lipinski definition) is 3. The lowest BCUT2D eigenvalue weighted by Crippen LogP contribution is -2.41. The van der Waals surface area contributed by atoms with Gasteiger partial charge >= 0.3 is 5.97 Å². The van der Waals surface area contributed by atoms with E-state index in [9.17, 15) is 9.90 Å². The van der Waals surface area contributed by atoms with Gasteiger partial charge in [-0.05, 0) is 86.8 Å². The fourth-order valence-electron chi connectivity index (χ4n) is 6.32. The number of ether oxygens (including phenoxy) is 1. The van der Waals surface area contributed by atoms with E-state index in [2.05, 4.69) is 70.4 Å². The van der Waals surface area contributed by atoms with E-state index in [0.717, 1.165) is 66.4 Å². The zero-order chi connectivity index (χ0) is 30.3. The molecule has 0 unspecified atom stereocenters. The van der Waals surface area contributed by atoms with Gasteiger partial charge in [0.25, 0.3) is 0 Å². The zero-order valence-electron chi connectivity index (χ0n) is 25.2. The second-order valence-electron chi connectivity index (χ2n) is 12.1. The Morgan fingerprint density at radius 2 is 1.79 bits per heavy atom. The van der Waals surface area contributed by atoms with Gasteiger partial charge in [0.2, 0.25) is 11.8 Å². The van der Waals surface area contributed by atoms with E-state index >= 15 is 0 Å². The second kappa shape index (κ2) is 11.3. The van der Waals surface area contributed by atoms with Crippen LogP contribution in [-0.4, -0.2) is 56.5 Å². The summed E-state index contributed by atoms with van der Waals surface area (Å²) in [5.74, 6) is 0.508. The molecule has 10 heteroatoms. The van der Waals surface area contributed by atoms with Crippen molar-refractivity contribution in [2.75, 3.05) is 30.3 Å². The highest BCUT2D eigenvalue weighted by Gasteiger charge is 2.43. The molecule has 2 atom stereocenters. The van der Waals surface area contributed by atoms with Crippen LogP contribution in [0.3, 0.4) is 0 Å². The average Bonchev–Trinajstić information content (AvgIpc) is 3.61. The third-order valence-corrected chi connectivity index (χ3v) is 9.09. The topological polar surface area (TPSA) is 131 Å². The number of hydrogen-bond acceptors (Lipinski definition) is 8. The summed E-state index contributed by atoms with van der Waals surface area (Å²) in [6.45, 7) is 10.5. The van der Waals surface area contributed by atoms with Gasteiger partial charge in [-0.15, -0.1) is 0 Å². The average molecular weight is 582 g/mol. The third kappa shape index (κ3) is 5.92. The van der Waals surface area contributed by atoms with Crippen molar-refractivity contribution in [1.29, 1.82) is 0 Å². The molecule has 43 heavy (non-hydrogen) atoms. The van der Waals surface area contributed by atoms with E-state index in [1.807, 2.05) is 36.9 Å². The first-order valence-corrected chi connectivity index (χ1v) is 14.9. The molecular weight excluding hydrogens is 542 g/mol. The van der Waals surface area contributed by atoms with Crippen LogP contribution in [0.5, 0.6) is 5.88 Å². The third-order valence-electron chi connectivity index (χ3n) is 9.09. The van der Waals surface area contributed by atoms with Crippen molar-refractivity contribution in [3.63, 3.8) is 0 Å². The van der Waals surface area contributed by atoms with Crippen LogP contribution in [0.4, 0.5) is 11.8 Å². The fourth-order valence-corrected chi connectivity index (χ4v) is 6.32. The Balaban J connectivity index is 1.23. The predicted octanol–water partition coefficient (Wildman–Crippen LogP) is 5.01. The fraction of sp³-hybridized carbons (Fsp3) is 0.394. The molecule has 2 aromatic carbocycles. The minimum Gasteiger partial charge on any atom is -0.480 e. The van der Waals surface area contributed by atoms with E-state index in [1.165, 1.54) is 11.1 Å². The largest absolute Gasteiger partial charge is 0.480 e. The lowest BCUT2D eigenvalue weighted by atomic mass is 9.76. The molecule has 0 amide bonds. The van der Waals surface area contributed by atoms with Crippen LogP contribution < -0.4 is 20.7 Å². The van der Waals surface area contributed by atoms with Crippen molar-refractivity contribution in [2.24, 2.45) is 5.41 Å². The smallest absolute Gasteiger partial charge is 0.320 e. The molecule has 1 spiro atoms. The molecule has 0 aliphatic carbocycles. The maximum atomic E-state index is 11.5. The van der Waals surface area contributed by atoms with Crippen molar-refractivity contribution >= 4 is 17.7 Å². The number of nitrogens with one attached hydrogen (secondary N) is 1. The van der Waals surface area contributed by atoms with Crippen molar-refractivity contribution in [3.8, 4) is 22.7 Å². The highest BCUT2D eigenvalue weighted by Crippen LogP contribution is 2.41. The number of aliphatic carboxylic acids is 1. The van der Waals surface area contributed by atoms with Crippen LogP contribution in [0.15, 0.2) is 54.7 Å². The van der Waals surface area contributed by atoms with Crippen LogP contribution in [0, 0.1) is 26.2 Å². The van der Waals surface area contributed by atoms with Gasteiger partial charge in [-0.2, -0.15) is 15.1 Å². The Labute approximate surface area is 251 Å². The van der Waals surface area contributed by atoms with Gasteiger partial charge in [-0.1, -0.05) is 30.3 Å². The van der Waals surface area contributed by atoms with E-state index in [-0.39, 0.29) is 17.5 Å². The number of aromatic nitrogens is 4. The molecule has 2 aliphatic rings. The Hall–Kier alpha value is -4.44. The highest BCUT2D eigenvalue weighted by molar-refractivity contribution is 5.74. The number of nitrogen functional groups attached to an aromatic ring is 1. The van der Waals surface area contributed by atoms with Crippen LogP contribution in [0.1, 0.15) is 54.7 Å². The molecule has 2 saturated heterocycles. The monoisotopic (exact) mass is 581 g/mol. The van der Waals surface area contributed by atoms with Gasteiger partial charge in [0.05, 0.1) is 11.4 Å². The molecule has 6 rings (SSSR count). The molecule has 0 radical (unpaired) electrons. The minimum atomic E-state index is -0.774. The number of carboxylic acids is 1. The first kappa shape index (κ1) is 28.7. The number of carboxylic acid groups (broad SMARTS) is 1. The van der Waals surface area contributed by atoms with E-state index in [4.69, 9.17) is 15.6 Å². The second-order valence-corrected chi connectivity index (χ2v) is 12.1. The first-order chi connectivity index (χ1) is 20.6. The molecule has 2 fully saturated rings. The van der Waals surface area contributed by atoms with Crippen LogP contribution in [0.25, 0.3) is 16.8 Å². The van der Waals surface area contributed by atoms with Gasteiger partial charge in [0.15, 0.2) is 0 Å². The SMILES string of the molecule is Cc1ccn(-c2cc(-c3ccc(C)c(C)c3)ccc2[C@@H](C)Oc2cc(N3CCC4(CC3)CN[C@H](C(=O)O)C4)nc(N)n2)n1. The molecule has 10 nitrogen and oxygen atoms in total. The summed E-state index contributed by atoms with van der Waals surface area (Å²) in [5.41, 5.74) is 13.8. The lowest BCUT2D eigenvalue weighted by molar-refractivity contribution is -0.139. The Morgan fingerprint density at radius 3 is 2.47 bits per heavy atom. The molecule has 4 N–H and O–H groups in total. The molecule has 4 aromatic rings. The molecule has 2 aliphatic heterocycles. The summed E-state index contributed by atoms with van der Waals surface area (Å²) in [5, 5.41) is 17.3. The molecule has 4 heterocycles. The number of anilines is 2. The lowest BCUT2D eigenvalue weighted by Gasteiger charge is -2.39. The number of carbonyl (C=O) groups is 1. The van der Waals surface area contributed by atoms with Crippen LogP contribution in [-0.2, 0) is 4.79 Å². The number of nitrogens with zero attached hydrogens (tertiary/aromatic N) is 5. The first-order valence-electron chi connectivity index (χ1n) is 14.9. The number of nitrogens with two attached hydrogens (primary N) is 1. The Morgan fingerprint density at radius 1 is 1.05 bits per heavy atom. The summed E-state index contributed by atoms with van der Waals surface area (Å²) in [6.07, 6.45) is 4.05. The van der Waals surface area contributed by atoms with Gasteiger partial charge in [-0.3, -0.25) is 4.79 Å². The summed E-state index contributed by atoms with van der Waals surface area (Å²) < 4.78 is 8.32. The molecule has 0 saturated carbocycles.